The van der Waals surface area contributed by atoms with Crippen LogP contribution in [-0.2, 0) is 11.2 Å². The summed E-state index contributed by atoms with van der Waals surface area (Å²) in [5.41, 5.74) is 6.42. The molecule has 1 atom stereocenters. The monoisotopic (exact) mass is 195 g/mol. The first kappa shape index (κ1) is 12.6. The molecule has 1 rings (SSSR count). The molecule has 0 radical (unpaired) electrons. The maximum atomic E-state index is 11.2. The Kier molecular flexibility index (Phi) is 5.52. The molecule has 4 nitrogen and oxygen atoms in total. The Bertz CT molecular complexity index is 272. The number of benzene rings is 1. The van der Waals surface area contributed by atoms with Crippen LogP contribution in [0.15, 0.2) is 30.3 Å². The van der Waals surface area contributed by atoms with Gasteiger partial charge in [-0.15, -0.1) is 0 Å². The van der Waals surface area contributed by atoms with Gasteiger partial charge >= 0.3 is 0 Å². The zero-order valence-corrected chi connectivity index (χ0v) is 8.36. The van der Waals surface area contributed by atoms with Gasteiger partial charge in [-0.25, -0.2) is 0 Å². The SMILES string of the molecule is CC(N)NC(=O)Cc1ccccc1.N. The molecule has 1 amide bonds. The number of nitrogens with one attached hydrogen (secondary N) is 1. The second kappa shape index (κ2) is 6.12. The Hall–Kier alpha value is -1.39. The molecule has 1 unspecified atom stereocenters. The smallest absolute Gasteiger partial charge is 0.225 e. The lowest BCUT2D eigenvalue weighted by molar-refractivity contribution is -0.120. The molecule has 4 heteroatoms. The van der Waals surface area contributed by atoms with E-state index >= 15 is 0 Å². The van der Waals surface area contributed by atoms with Crippen molar-refractivity contribution < 1.29 is 4.79 Å². The molecular weight excluding hydrogens is 178 g/mol. The number of hydrogen-bond acceptors (Lipinski definition) is 3. The van der Waals surface area contributed by atoms with Crippen LogP contribution < -0.4 is 17.2 Å². The minimum absolute atomic E-state index is 0. The van der Waals surface area contributed by atoms with E-state index in [0.717, 1.165) is 5.56 Å². The number of carbonyl (C=O) groups is 1. The molecular formula is C10H17N3O. The Labute approximate surface area is 84.1 Å². The van der Waals surface area contributed by atoms with Crippen LogP contribution in [0.25, 0.3) is 0 Å². The van der Waals surface area contributed by atoms with Crippen LogP contribution in [0, 0.1) is 0 Å². The van der Waals surface area contributed by atoms with Gasteiger partial charge in [-0.1, -0.05) is 30.3 Å². The molecule has 1 aromatic carbocycles. The second-order valence-corrected chi connectivity index (χ2v) is 3.02. The molecule has 1 aromatic rings. The molecule has 14 heavy (non-hydrogen) atoms. The number of rotatable bonds is 3. The summed E-state index contributed by atoms with van der Waals surface area (Å²) in [4.78, 5) is 11.2. The molecule has 0 heterocycles. The van der Waals surface area contributed by atoms with Crippen LogP contribution in [0.5, 0.6) is 0 Å². The highest BCUT2D eigenvalue weighted by Gasteiger charge is 2.03. The zero-order chi connectivity index (χ0) is 9.68. The number of hydrogen-bond donors (Lipinski definition) is 3. The van der Waals surface area contributed by atoms with Gasteiger partial charge in [-0.05, 0) is 12.5 Å². The number of nitrogens with two attached hydrogens (primary N) is 1. The summed E-state index contributed by atoms with van der Waals surface area (Å²) < 4.78 is 0. The number of carbonyl (C=O) groups excluding carboxylic acids is 1. The Morgan fingerprint density at radius 2 is 2.00 bits per heavy atom. The van der Waals surface area contributed by atoms with E-state index in [4.69, 9.17) is 5.73 Å². The summed E-state index contributed by atoms with van der Waals surface area (Å²) in [5, 5.41) is 2.63. The molecule has 0 saturated heterocycles. The summed E-state index contributed by atoms with van der Waals surface area (Å²) in [6.45, 7) is 1.74. The maximum absolute atomic E-state index is 11.2. The van der Waals surface area contributed by atoms with Crippen LogP contribution in [0.1, 0.15) is 12.5 Å². The van der Waals surface area contributed by atoms with Crippen molar-refractivity contribution in [3.63, 3.8) is 0 Å². The first-order valence-corrected chi connectivity index (χ1v) is 4.27. The van der Waals surface area contributed by atoms with Crippen LogP contribution in [0.3, 0.4) is 0 Å². The van der Waals surface area contributed by atoms with Crippen LogP contribution in [0.2, 0.25) is 0 Å². The minimum Gasteiger partial charge on any atom is -0.344 e. The molecule has 0 saturated carbocycles. The summed E-state index contributed by atoms with van der Waals surface area (Å²) >= 11 is 0. The predicted molar refractivity (Wildman–Crippen MR) is 57.0 cm³/mol. The molecule has 0 aliphatic rings. The predicted octanol–water partition coefficient (Wildman–Crippen LogP) is 0.812. The minimum atomic E-state index is -0.281. The van der Waals surface area contributed by atoms with E-state index in [1.807, 2.05) is 30.3 Å². The average molecular weight is 195 g/mol. The zero-order valence-electron chi connectivity index (χ0n) is 8.36. The topological polar surface area (TPSA) is 90.1 Å². The molecule has 6 N–H and O–H groups in total. The molecule has 0 fully saturated rings. The van der Waals surface area contributed by atoms with Crippen LogP contribution >= 0.6 is 0 Å². The quantitative estimate of drug-likeness (QED) is 0.623. The van der Waals surface area contributed by atoms with Crippen molar-refractivity contribution in [1.82, 2.24) is 11.5 Å². The third-order valence-corrected chi connectivity index (χ3v) is 1.60. The second-order valence-electron chi connectivity index (χ2n) is 3.02. The van der Waals surface area contributed by atoms with Crippen molar-refractivity contribution in [2.75, 3.05) is 0 Å². The van der Waals surface area contributed by atoms with Gasteiger partial charge in [-0.2, -0.15) is 0 Å². The Morgan fingerprint density at radius 1 is 1.43 bits per heavy atom. The van der Waals surface area contributed by atoms with Crippen molar-refractivity contribution in [2.24, 2.45) is 5.73 Å². The van der Waals surface area contributed by atoms with Crippen molar-refractivity contribution >= 4 is 5.91 Å². The highest BCUT2D eigenvalue weighted by Crippen LogP contribution is 1.98. The fourth-order valence-electron chi connectivity index (χ4n) is 1.09. The van der Waals surface area contributed by atoms with E-state index in [1.54, 1.807) is 6.92 Å². The largest absolute Gasteiger partial charge is 0.344 e. The molecule has 0 spiro atoms. The number of amides is 1. The van der Waals surface area contributed by atoms with Gasteiger partial charge in [0.2, 0.25) is 5.91 Å². The molecule has 0 aliphatic carbocycles. The van der Waals surface area contributed by atoms with Crippen molar-refractivity contribution in [2.45, 2.75) is 19.5 Å². The van der Waals surface area contributed by atoms with Gasteiger partial charge in [0.1, 0.15) is 0 Å². The van der Waals surface area contributed by atoms with Gasteiger partial charge in [0.15, 0.2) is 0 Å². The molecule has 78 valence electrons. The third-order valence-electron chi connectivity index (χ3n) is 1.60. The average Bonchev–Trinajstić information content (AvgIpc) is 2.04. The van der Waals surface area contributed by atoms with Gasteiger partial charge in [0, 0.05) is 0 Å². The fraction of sp³-hybridized carbons (Fsp3) is 0.300. The first-order chi connectivity index (χ1) is 6.18. The van der Waals surface area contributed by atoms with Gasteiger partial charge in [0.05, 0.1) is 12.6 Å². The Morgan fingerprint density at radius 3 is 2.50 bits per heavy atom. The van der Waals surface area contributed by atoms with E-state index in [2.05, 4.69) is 5.32 Å². The van der Waals surface area contributed by atoms with E-state index in [-0.39, 0.29) is 18.2 Å². The van der Waals surface area contributed by atoms with E-state index < -0.39 is 0 Å². The highest BCUT2D eigenvalue weighted by molar-refractivity contribution is 5.78. The first-order valence-electron chi connectivity index (χ1n) is 4.27. The summed E-state index contributed by atoms with van der Waals surface area (Å²) in [6.07, 6.45) is 0.110. The van der Waals surface area contributed by atoms with Crippen LogP contribution in [-0.4, -0.2) is 12.1 Å². The van der Waals surface area contributed by atoms with E-state index in [9.17, 15) is 4.79 Å². The standard InChI is InChI=1S/C10H14N2O.H3N/c1-8(11)12-10(13)7-9-5-3-2-4-6-9;/h2-6,8H,7,11H2,1H3,(H,12,13);1H3. The highest BCUT2D eigenvalue weighted by atomic mass is 16.1. The lowest BCUT2D eigenvalue weighted by Gasteiger charge is -2.07. The van der Waals surface area contributed by atoms with E-state index in [1.165, 1.54) is 0 Å². The summed E-state index contributed by atoms with van der Waals surface area (Å²) in [6, 6.07) is 9.58. The maximum Gasteiger partial charge on any atom is 0.225 e. The molecule has 0 bridgehead atoms. The van der Waals surface area contributed by atoms with Gasteiger partial charge in [0.25, 0.3) is 0 Å². The molecule has 0 aromatic heterocycles. The summed E-state index contributed by atoms with van der Waals surface area (Å²) in [5.74, 6) is -0.0406. The normalized spacial score (nSPS) is 11.3. The third kappa shape index (κ3) is 4.59. The Balaban J connectivity index is 0.00000169. The lowest BCUT2D eigenvalue weighted by Crippen LogP contribution is -2.39. The van der Waals surface area contributed by atoms with Gasteiger partial charge < -0.3 is 17.2 Å². The molecule has 0 aliphatic heterocycles. The van der Waals surface area contributed by atoms with Crippen molar-refractivity contribution in [3.05, 3.63) is 35.9 Å². The fourth-order valence-corrected chi connectivity index (χ4v) is 1.09. The van der Waals surface area contributed by atoms with E-state index in [0.29, 0.717) is 6.42 Å². The van der Waals surface area contributed by atoms with Gasteiger partial charge in [-0.3, -0.25) is 4.79 Å². The van der Waals surface area contributed by atoms with Crippen molar-refractivity contribution in [3.8, 4) is 0 Å². The van der Waals surface area contributed by atoms with Crippen molar-refractivity contribution in [1.29, 1.82) is 0 Å². The lowest BCUT2D eigenvalue weighted by atomic mass is 10.1. The summed E-state index contributed by atoms with van der Waals surface area (Å²) in [7, 11) is 0. The van der Waals surface area contributed by atoms with Crippen LogP contribution in [0.4, 0.5) is 0 Å².